The van der Waals surface area contributed by atoms with Crippen molar-refractivity contribution in [2.75, 3.05) is 5.75 Å². The van der Waals surface area contributed by atoms with Crippen LogP contribution >= 0.6 is 11.8 Å². The normalized spacial score (nSPS) is 25.2. The van der Waals surface area contributed by atoms with Crippen LogP contribution in [0.25, 0.3) is 0 Å². The van der Waals surface area contributed by atoms with Gasteiger partial charge in [0.1, 0.15) is 5.82 Å². The molecule has 4 N–H and O–H groups in total. The molecule has 164 valence electrons. The molecule has 0 saturated heterocycles. The summed E-state index contributed by atoms with van der Waals surface area (Å²) in [6.45, 7) is 0. The van der Waals surface area contributed by atoms with E-state index in [1.54, 1.807) is 18.2 Å². The largest absolute Gasteiger partial charge is 0.481 e. The number of unbranched alkanes of at least 4 members (excludes halogenated alkanes) is 3. The number of aliphatic hydroxyl groups excluding tert-OH is 3. The SMILES string of the molecule is O=C(O)CCCCCC[C@@H]1[C@@H](CC[C@@H](O)CSc2ccccc2F)[C@H](O)C[C@H]1O. The van der Waals surface area contributed by atoms with Crippen molar-refractivity contribution in [2.24, 2.45) is 11.8 Å². The summed E-state index contributed by atoms with van der Waals surface area (Å²) in [6, 6.07) is 6.49. The third-order valence-corrected chi connectivity index (χ3v) is 6.99. The molecule has 0 unspecified atom stereocenters. The van der Waals surface area contributed by atoms with Gasteiger partial charge in [0.25, 0.3) is 0 Å². The first kappa shape index (κ1) is 24.1. The number of aliphatic hydroxyl groups is 3. The Labute approximate surface area is 176 Å². The van der Waals surface area contributed by atoms with E-state index in [1.807, 2.05) is 0 Å². The molecule has 5 nitrogen and oxygen atoms in total. The van der Waals surface area contributed by atoms with Crippen LogP contribution in [-0.4, -0.2) is 50.5 Å². The Bertz CT molecular complexity index is 629. The summed E-state index contributed by atoms with van der Waals surface area (Å²) in [5.74, 6) is -0.706. The molecule has 1 aromatic rings. The van der Waals surface area contributed by atoms with Gasteiger partial charge in [0.15, 0.2) is 0 Å². The van der Waals surface area contributed by atoms with Gasteiger partial charge in [-0.1, -0.05) is 31.4 Å². The fourth-order valence-corrected chi connectivity index (χ4v) is 5.13. The van der Waals surface area contributed by atoms with Gasteiger partial charge in [-0.05, 0) is 56.1 Å². The van der Waals surface area contributed by atoms with Crippen LogP contribution in [0.4, 0.5) is 4.39 Å². The molecule has 2 rings (SSSR count). The van der Waals surface area contributed by atoms with Gasteiger partial charge in [0.05, 0.1) is 18.3 Å². The van der Waals surface area contributed by atoms with E-state index in [1.165, 1.54) is 17.8 Å². The lowest BCUT2D eigenvalue weighted by atomic mass is 9.85. The minimum absolute atomic E-state index is 0.0101. The third kappa shape index (κ3) is 8.24. The lowest BCUT2D eigenvalue weighted by molar-refractivity contribution is -0.137. The standard InChI is InChI=1S/C22H33FO5S/c23-18-8-5-6-9-21(18)29-14-15(24)11-12-17-16(19(25)13-20(17)26)7-3-1-2-4-10-22(27)28/h5-6,8-9,15-17,19-20,24-26H,1-4,7,10-14H2,(H,27,28)/t15-,16-,17-,19-,20-/m1/s1. The van der Waals surface area contributed by atoms with Crippen molar-refractivity contribution in [2.45, 2.75) is 81.0 Å². The van der Waals surface area contributed by atoms with Crippen molar-refractivity contribution >= 4 is 17.7 Å². The minimum atomic E-state index is -0.772. The van der Waals surface area contributed by atoms with Crippen LogP contribution in [0, 0.1) is 17.7 Å². The van der Waals surface area contributed by atoms with Crippen molar-refractivity contribution < 1.29 is 29.6 Å². The predicted molar refractivity (Wildman–Crippen MR) is 111 cm³/mol. The molecule has 5 atom stereocenters. The highest BCUT2D eigenvalue weighted by atomic mass is 32.2. The first-order valence-corrected chi connectivity index (χ1v) is 11.5. The second-order valence-electron chi connectivity index (χ2n) is 8.02. The monoisotopic (exact) mass is 428 g/mol. The summed E-state index contributed by atoms with van der Waals surface area (Å²) in [5.41, 5.74) is 0. The van der Waals surface area contributed by atoms with Crippen LogP contribution in [0.15, 0.2) is 29.2 Å². The Morgan fingerprint density at radius 3 is 2.41 bits per heavy atom. The molecule has 0 aromatic heterocycles. The third-order valence-electron chi connectivity index (χ3n) is 5.80. The van der Waals surface area contributed by atoms with Crippen LogP contribution in [0.3, 0.4) is 0 Å². The van der Waals surface area contributed by atoms with Crippen LogP contribution in [0.2, 0.25) is 0 Å². The van der Waals surface area contributed by atoms with E-state index in [0.29, 0.717) is 36.3 Å². The van der Waals surface area contributed by atoms with Crippen molar-refractivity contribution in [3.63, 3.8) is 0 Å². The Hall–Kier alpha value is -1.15. The highest BCUT2D eigenvalue weighted by Gasteiger charge is 2.40. The second kappa shape index (κ2) is 12.5. The molecule has 0 spiro atoms. The number of carbonyl (C=O) groups is 1. The zero-order valence-electron chi connectivity index (χ0n) is 16.8. The summed E-state index contributed by atoms with van der Waals surface area (Å²) in [4.78, 5) is 11.0. The average Bonchev–Trinajstić information content (AvgIpc) is 2.94. The fourth-order valence-electron chi connectivity index (χ4n) is 4.21. The van der Waals surface area contributed by atoms with E-state index in [-0.39, 0.29) is 24.1 Å². The Balaban J connectivity index is 1.72. The maximum Gasteiger partial charge on any atom is 0.303 e. The van der Waals surface area contributed by atoms with E-state index >= 15 is 0 Å². The van der Waals surface area contributed by atoms with E-state index in [9.17, 15) is 24.5 Å². The number of hydrogen-bond acceptors (Lipinski definition) is 5. The first-order valence-electron chi connectivity index (χ1n) is 10.5. The molecule has 1 fully saturated rings. The highest BCUT2D eigenvalue weighted by Crippen LogP contribution is 2.39. The first-order chi connectivity index (χ1) is 13.9. The molecule has 0 aliphatic heterocycles. The minimum Gasteiger partial charge on any atom is -0.481 e. The average molecular weight is 429 g/mol. The van der Waals surface area contributed by atoms with Crippen molar-refractivity contribution in [3.8, 4) is 0 Å². The van der Waals surface area contributed by atoms with Gasteiger partial charge in [-0.25, -0.2) is 4.39 Å². The molecular formula is C22H33FO5S. The van der Waals surface area contributed by atoms with Crippen molar-refractivity contribution in [1.29, 1.82) is 0 Å². The maximum absolute atomic E-state index is 13.7. The summed E-state index contributed by atoms with van der Waals surface area (Å²) >= 11 is 1.28. The van der Waals surface area contributed by atoms with Gasteiger partial charge < -0.3 is 20.4 Å². The number of carboxylic acids is 1. The molecule has 0 bridgehead atoms. The molecule has 0 heterocycles. The number of rotatable bonds is 13. The predicted octanol–water partition coefficient (Wildman–Crippen LogP) is 3.84. The molecular weight excluding hydrogens is 395 g/mol. The number of aliphatic carboxylic acids is 1. The molecule has 1 aliphatic rings. The molecule has 29 heavy (non-hydrogen) atoms. The number of carboxylic acid groups (broad SMARTS) is 1. The van der Waals surface area contributed by atoms with E-state index < -0.39 is 24.3 Å². The Morgan fingerprint density at radius 1 is 1.07 bits per heavy atom. The number of thioether (sulfide) groups is 1. The fraction of sp³-hybridized carbons (Fsp3) is 0.682. The smallest absolute Gasteiger partial charge is 0.303 e. The molecule has 1 saturated carbocycles. The van der Waals surface area contributed by atoms with Gasteiger partial charge >= 0.3 is 5.97 Å². The summed E-state index contributed by atoms with van der Waals surface area (Å²) in [7, 11) is 0. The molecule has 1 aromatic carbocycles. The van der Waals surface area contributed by atoms with Gasteiger partial charge in [0, 0.05) is 17.1 Å². The number of halogens is 1. The molecule has 0 radical (unpaired) electrons. The van der Waals surface area contributed by atoms with Crippen molar-refractivity contribution in [1.82, 2.24) is 0 Å². The van der Waals surface area contributed by atoms with Crippen LogP contribution < -0.4 is 0 Å². The van der Waals surface area contributed by atoms with Gasteiger partial charge in [-0.3, -0.25) is 4.79 Å². The van der Waals surface area contributed by atoms with E-state index in [2.05, 4.69) is 0 Å². The summed E-state index contributed by atoms with van der Waals surface area (Å²) in [5, 5.41) is 39.6. The number of hydrogen-bond donors (Lipinski definition) is 4. The van der Waals surface area contributed by atoms with E-state index in [4.69, 9.17) is 5.11 Å². The van der Waals surface area contributed by atoms with Crippen LogP contribution in [0.1, 0.15) is 57.8 Å². The zero-order chi connectivity index (χ0) is 21.2. The van der Waals surface area contributed by atoms with Gasteiger partial charge in [0.2, 0.25) is 0 Å². The Morgan fingerprint density at radius 2 is 1.72 bits per heavy atom. The summed E-state index contributed by atoms with van der Waals surface area (Å²) in [6.07, 6.45) is 4.15. The zero-order valence-corrected chi connectivity index (χ0v) is 17.6. The molecule has 7 heteroatoms. The highest BCUT2D eigenvalue weighted by molar-refractivity contribution is 7.99. The van der Waals surface area contributed by atoms with Gasteiger partial charge in [-0.2, -0.15) is 0 Å². The Kier molecular flexibility index (Phi) is 10.4. The summed E-state index contributed by atoms with van der Waals surface area (Å²) < 4.78 is 13.7. The lowest BCUT2D eigenvalue weighted by Crippen LogP contribution is -2.24. The van der Waals surface area contributed by atoms with Crippen LogP contribution in [-0.2, 0) is 4.79 Å². The van der Waals surface area contributed by atoms with E-state index in [0.717, 1.165) is 25.7 Å². The second-order valence-corrected chi connectivity index (χ2v) is 9.08. The quantitative estimate of drug-likeness (QED) is 0.281. The maximum atomic E-state index is 13.7. The van der Waals surface area contributed by atoms with Crippen LogP contribution in [0.5, 0.6) is 0 Å². The van der Waals surface area contributed by atoms with Crippen molar-refractivity contribution in [3.05, 3.63) is 30.1 Å². The van der Waals surface area contributed by atoms with Gasteiger partial charge in [-0.15, -0.1) is 11.8 Å². The lowest BCUT2D eigenvalue weighted by Gasteiger charge is -2.24. The molecule has 0 amide bonds. The molecule has 1 aliphatic carbocycles. The topological polar surface area (TPSA) is 98.0 Å². The number of benzene rings is 1.